The Morgan fingerprint density at radius 2 is 1.59 bits per heavy atom. The molecule has 10 nitrogen and oxygen atoms in total. The van der Waals surface area contributed by atoms with Gasteiger partial charge in [0.1, 0.15) is 6.04 Å². The minimum atomic E-state index is -0.649. The summed E-state index contributed by atoms with van der Waals surface area (Å²) in [6.45, 7) is 0.615. The first-order chi connectivity index (χ1) is 19.9. The largest absolute Gasteiger partial charge is 0.348 e. The SMILES string of the molecule is O=C(CCCCCCCCCc1ccc(C(=O)NCc2ccc3c(c2)CN(C2CCC(=O)NC2=O)C3=O)cc1)NO. The van der Waals surface area contributed by atoms with Gasteiger partial charge in [-0.15, -0.1) is 0 Å². The van der Waals surface area contributed by atoms with Crippen LogP contribution < -0.4 is 16.1 Å². The first-order valence-corrected chi connectivity index (χ1v) is 14.4. The molecule has 4 N–H and O–H groups in total. The highest BCUT2D eigenvalue weighted by atomic mass is 16.5. The highest BCUT2D eigenvalue weighted by Crippen LogP contribution is 2.28. The molecule has 1 saturated heterocycles. The zero-order valence-corrected chi connectivity index (χ0v) is 23.2. The molecule has 4 rings (SSSR count). The van der Waals surface area contributed by atoms with Crippen LogP contribution in [-0.2, 0) is 33.9 Å². The predicted octanol–water partition coefficient (Wildman–Crippen LogP) is 3.55. The van der Waals surface area contributed by atoms with Gasteiger partial charge in [-0.25, -0.2) is 5.48 Å². The first-order valence-electron chi connectivity index (χ1n) is 14.4. The van der Waals surface area contributed by atoms with Crippen LogP contribution >= 0.6 is 0 Å². The van der Waals surface area contributed by atoms with Gasteiger partial charge in [0, 0.05) is 37.1 Å². The Labute approximate surface area is 239 Å². The summed E-state index contributed by atoms with van der Waals surface area (Å²) in [6, 6.07) is 12.4. The summed E-state index contributed by atoms with van der Waals surface area (Å²) >= 11 is 0. The predicted molar refractivity (Wildman–Crippen MR) is 151 cm³/mol. The number of hydrogen-bond donors (Lipinski definition) is 4. The normalized spacial score (nSPS) is 16.4. The van der Waals surface area contributed by atoms with Crippen LogP contribution in [-0.4, -0.2) is 45.7 Å². The Kier molecular flexibility index (Phi) is 10.6. The third kappa shape index (κ3) is 8.23. The molecule has 10 heteroatoms. The molecular weight excluding hydrogens is 524 g/mol. The van der Waals surface area contributed by atoms with Crippen molar-refractivity contribution in [2.24, 2.45) is 0 Å². The standard InChI is InChI=1S/C31H38N4O6/c36-27-17-16-26(30(39)33-27)35-20-24-18-22(12-15-25(24)31(35)40)19-32-29(38)23-13-10-21(11-14-23)8-6-4-2-1-3-5-7-9-28(37)34-41/h10-15,18,26,41H,1-9,16-17,19-20H2,(H,32,38)(H,34,37)(H,33,36,39). The van der Waals surface area contributed by atoms with Crippen LogP contribution in [0.4, 0.5) is 0 Å². The van der Waals surface area contributed by atoms with E-state index in [1.807, 2.05) is 36.4 Å². The summed E-state index contributed by atoms with van der Waals surface area (Å²) in [6.07, 6.45) is 9.25. The van der Waals surface area contributed by atoms with Crippen LogP contribution in [0.1, 0.15) is 102 Å². The molecule has 41 heavy (non-hydrogen) atoms. The van der Waals surface area contributed by atoms with Crippen molar-refractivity contribution in [1.82, 2.24) is 21.0 Å². The van der Waals surface area contributed by atoms with Crippen molar-refractivity contribution >= 4 is 29.5 Å². The van der Waals surface area contributed by atoms with Gasteiger partial charge in [-0.1, -0.05) is 56.4 Å². The number of imide groups is 1. The van der Waals surface area contributed by atoms with E-state index in [1.54, 1.807) is 11.5 Å². The van der Waals surface area contributed by atoms with Gasteiger partial charge in [0.25, 0.3) is 11.8 Å². The number of carbonyl (C=O) groups excluding carboxylic acids is 5. The molecule has 0 spiro atoms. The molecule has 2 aliphatic heterocycles. The molecule has 2 aliphatic rings. The Morgan fingerprint density at radius 1 is 0.902 bits per heavy atom. The van der Waals surface area contributed by atoms with E-state index >= 15 is 0 Å². The fourth-order valence-corrected chi connectivity index (χ4v) is 5.40. The molecule has 2 aromatic carbocycles. The van der Waals surface area contributed by atoms with E-state index in [4.69, 9.17) is 5.21 Å². The number of hydroxylamine groups is 1. The number of amides is 5. The van der Waals surface area contributed by atoms with Crippen LogP contribution in [0.2, 0.25) is 0 Å². The number of unbranched alkanes of at least 4 members (excludes halogenated alkanes) is 6. The third-order valence-corrected chi connectivity index (χ3v) is 7.75. The smallest absolute Gasteiger partial charge is 0.255 e. The number of nitrogens with zero attached hydrogens (tertiary/aromatic N) is 1. The van der Waals surface area contributed by atoms with Gasteiger partial charge in [0.05, 0.1) is 0 Å². The number of fused-ring (bicyclic) bond motifs is 1. The van der Waals surface area contributed by atoms with Crippen LogP contribution in [0.3, 0.4) is 0 Å². The molecule has 1 fully saturated rings. The molecule has 218 valence electrons. The summed E-state index contributed by atoms with van der Waals surface area (Å²) in [4.78, 5) is 61.8. The van der Waals surface area contributed by atoms with Crippen molar-refractivity contribution in [1.29, 1.82) is 0 Å². The molecule has 1 atom stereocenters. The quantitative estimate of drug-likeness (QED) is 0.120. The van der Waals surface area contributed by atoms with Crippen molar-refractivity contribution in [3.05, 3.63) is 70.3 Å². The lowest BCUT2D eigenvalue weighted by Crippen LogP contribution is -2.52. The van der Waals surface area contributed by atoms with E-state index in [2.05, 4.69) is 10.6 Å². The Bertz CT molecular complexity index is 1280. The second-order valence-electron chi connectivity index (χ2n) is 10.8. The molecule has 5 amide bonds. The van der Waals surface area contributed by atoms with Crippen molar-refractivity contribution in [3.63, 3.8) is 0 Å². The monoisotopic (exact) mass is 562 g/mol. The second-order valence-corrected chi connectivity index (χ2v) is 10.8. The highest BCUT2D eigenvalue weighted by molar-refractivity contribution is 6.05. The van der Waals surface area contributed by atoms with E-state index in [9.17, 15) is 24.0 Å². The fraction of sp³-hybridized carbons (Fsp3) is 0.452. The van der Waals surface area contributed by atoms with Gasteiger partial charge < -0.3 is 10.2 Å². The summed E-state index contributed by atoms with van der Waals surface area (Å²) in [5.41, 5.74) is 5.65. The Hall–Kier alpha value is -4.05. The minimum absolute atomic E-state index is 0.172. The van der Waals surface area contributed by atoms with Crippen molar-refractivity contribution < 1.29 is 29.2 Å². The van der Waals surface area contributed by atoms with E-state index in [1.165, 1.54) is 10.5 Å². The second kappa shape index (κ2) is 14.5. The van der Waals surface area contributed by atoms with Crippen LogP contribution in [0.15, 0.2) is 42.5 Å². The maximum Gasteiger partial charge on any atom is 0.255 e. The van der Waals surface area contributed by atoms with Crippen LogP contribution in [0.25, 0.3) is 0 Å². The molecule has 2 heterocycles. The lowest BCUT2D eigenvalue weighted by molar-refractivity contribution is -0.137. The lowest BCUT2D eigenvalue weighted by Gasteiger charge is -2.29. The average Bonchev–Trinajstić information content (AvgIpc) is 3.30. The molecule has 0 radical (unpaired) electrons. The molecule has 2 aromatic rings. The first kappa shape index (κ1) is 29.9. The van der Waals surface area contributed by atoms with Gasteiger partial charge in [-0.05, 0) is 60.6 Å². The molecule has 0 bridgehead atoms. The molecular formula is C31H38N4O6. The summed E-state index contributed by atoms with van der Waals surface area (Å²) in [5.74, 6) is -1.46. The van der Waals surface area contributed by atoms with Gasteiger partial charge in [0.2, 0.25) is 17.7 Å². The Balaban J connectivity index is 1.16. The number of carbonyl (C=O) groups is 5. The molecule has 0 aromatic heterocycles. The maximum absolute atomic E-state index is 12.9. The summed E-state index contributed by atoms with van der Waals surface area (Å²) in [7, 11) is 0. The summed E-state index contributed by atoms with van der Waals surface area (Å²) in [5, 5.41) is 13.7. The minimum Gasteiger partial charge on any atom is -0.348 e. The third-order valence-electron chi connectivity index (χ3n) is 7.75. The highest BCUT2D eigenvalue weighted by Gasteiger charge is 2.39. The van der Waals surface area contributed by atoms with E-state index < -0.39 is 11.9 Å². The number of nitrogens with one attached hydrogen (secondary N) is 3. The topological polar surface area (TPSA) is 145 Å². The van der Waals surface area contributed by atoms with E-state index in [-0.39, 0.29) is 30.0 Å². The molecule has 1 unspecified atom stereocenters. The van der Waals surface area contributed by atoms with Crippen LogP contribution in [0.5, 0.6) is 0 Å². The van der Waals surface area contributed by atoms with E-state index in [0.717, 1.165) is 62.5 Å². The molecule has 0 saturated carbocycles. The maximum atomic E-state index is 12.9. The van der Waals surface area contributed by atoms with E-state index in [0.29, 0.717) is 37.1 Å². The van der Waals surface area contributed by atoms with Gasteiger partial charge in [-0.2, -0.15) is 0 Å². The number of piperidine rings is 1. The Morgan fingerprint density at radius 3 is 2.29 bits per heavy atom. The van der Waals surface area contributed by atoms with Crippen LogP contribution in [0, 0.1) is 0 Å². The van der Waals surface area contributed by atoms with Crippen molar-refractivity contribution in [3.8, 4) is 0 Å². The van der Waals surface area contributed by atoms with Gasteiger partial charge in [-0.3, -0.25) is 34.5 Å². The average molecular weight is 563 g/mol. The number of rotatable bonds is 14. The fourth-order valence-electron chi connectivity index (χ4n) is 5.40. The van der Waals surface area contributed by atoms with Crippen molar-refractivity contribution in [2.75, 3.05) is 0 Å². The number of hydrogen-bond acceptors (Lipinski definition) is 6. The lowest BCUT2D eigenvalue weighted by atomic mass is 10.0. The zero-order valence-electron chi connectivity index (χ0n) is 23.2. The number of benzene rings is 2. The van der Waals surface area contributed by atoms with Crippen molar-refractivity contribution in [2.45, 2.75) is 89.8 Å². The number of aryl methyl sites for hydroxylation is 1. The molecule has 0 aliphatic carbocycles. The summed E-state index contributed by atoms with van der Waals surface area (Å²) < 4.78 is 0. The van der Waals surface area contributed by atoms with Gasteiger partial charge >= 0.3 is 0 Å². The zero-order chi connectivity index (χ0) is 29.2. The van der Waals surface area contributed by atoms with Gasteiger partial charge in [0.15, 0.2) is 0 Å².